The number of fused-ring (bicyclic) bond motifs is 2. The van der Waals surface area contributed by atoms with Gasteiger partial charge in [0.2, 0.25) is 0 Å². The van der Waals surface area contributed by atoms with Crippen molar-refractivity contribution in [2.24, 2.45) is 0 Å². The van der Waals surface area contributed by atoms with Crippen molar-refractivity contribution in [2.45, 2.75) is 12.8 Å². The van der Waals surface area contributed by atoms with Crippen molar-refractivity contribution >= 4 is 16.9 Å². The van der Waals surface area contributed by atoms with Gasteiger partial charge in [-0.25, -0.2) is 4.98 Å². The second-order valence-electron chi connectivity index (χ2n) is 7.69. The molecule has 0 saturated carbocycles. The third kappa shape index (κ3) is 3.03. The summed E-state index contributed by atoms with van der Waals surface area (Å²) in [6, 6.07) is 8.31. The van der Waals surface area contributed by atoms with Crippen LogP contribution in [0, 0.1) is 0 Å². The Morgan fingerprint density at radius 2 is 2.04 bits per heavy atom. The van der Waals surface area contributed by atoms with Gasteiger partial charge < -0.3 is 19.5 Å². The van der Waals surface area contributed by atoms with Gasteiger partial charge in [0.05, 0.1) is 12.2 Å². The molecule has 4 heterocycles. The zero-order chi connectivity index (χ0) is 19.1. The fourth-order valence-electron chi connectivity index (χ4n) is 4.08. The summed E-state index contributed by atoms with van der Waals surface area (Å²) in [7, 11) is 2.09. The average Bonchev–Trinajstić information content (AvgIpc) is 3.16. The van der Waals surface area contributed by atoms with E-state index in [0.717, 1.165) is 73.5 Å². The van der Waals surface area contributed by atoms with E-state index >= 15 is 0 Å². The highest BCUT2D eigenvalue weighted by Gasteiger charge is 2.22. The summed E-state index contributed by atoms with van der Waals surface area (Å²) in [5, 5.41) is 0.983. The van der Waals surface area contributed by atoms with Crippen LogP contribution < -0.4 is 4.74 Å². The fraction of sp³-hybridized carbons (Fsp3) is 0.364. The largest absolute Gasteiger partial charge is 0.493 e. The lowest BCUT2D eigenvalue weighted by atomic mass is 9.98. The number of likely N-dealkylation sites (N-methyl/N-ethyl adjacent to an activating group) is 1. The average molecular weight is 376 g/mol. The third-order valence-corrected chi connectivity index (χ3v) is 5.79. The minimum absolute atomic E-state index is 0.0634. The van der Waals surface area contributed by atoms with E-state index in [-0.39, 0.29) is 5.91 Å². The maximum absolute atomic E-state index is 13.0. The molecule has 2 aromatic heterocycles. The molecule has 0 radical (unpaired) electrons. The monoisotopic (exact) mass is 376 g/mol. The predicted molar refractivity (Wildman–Crippen MR) is 109 cm³/mol. The van der Waals surface area contributed by atoms with E-state index in [2.05, 4.69) is 40.1 Å². The van der Waals surface area contributed by atoms with E-state index in [1.807, 2.05) is 17.2 Å². The van der Waals surface area contributed by atoms with Crippen LogP contribution >= 0.6 is 0 Å². The van der Waals surface area contributed by atoms with Gasteiger partial charge >= 0.3 is 0 Å². The van der Waals surface area contributed by atoms with Crippen molar-refractivity contribution in [2.75, 3.05) is 39.8 Å². The Morgan fingerprint density at radius 3 is 2.89 bits per heavy atom. The van der Waals surface area contributed by atoms with Crippen molar-refractivity contribution in [3.63, 3.8) is 0 Å². The Labute approximate surface area is 164 Å². The number of amides is 1. The highest BCUT2D eigenvalue weighted by molar-refractivity contribution is 6.01. The molecule has 1 amide bonds. The topological polar surface area (TPSA) is 61.5 Å². The molecule has 3 aromatic rings. The zero-order valence-corrected chi connectivity index (χ0v) is 16.1. The van der Waals surface area contributed by atoms with E-state index in [9.17, 15) is 4.79 Å². The molecule has 1 N–H and O–H groups in total. The molecule has 2 aliphatic rings. The lowest BCUT2D eigenvalue weighted by Gasteiger charge is -2.32. The van der Waals surface area contributed by atoms with Crippen molar-refractivity contribution < 1.29 is 9.53 Å². The number of carbonyl (C=O) groups is 1. The smallest absolute Gasteiger partial charge is 0.255 e. The van der Waals surface area contributed by atoms with Crippen LogP contribution in [-0.4, -0.2) is 65.5 Å². The molecule has 144 valence electrons. The van der Waals surface area contributed by atoms with Crippen LogP contribution in [0.3, 0.4) is 0 Å². The summed E-state index contributed by atoms with van der Waals surface area (Å²) in [4.78, 5) is 24.9. The van der Waals surface area contributed by atoms with Crippen LogP contribution in [0.2, 0.25) is 0 Å². The number of aromatic nitrogens is 2. The number of carbonyl (C=O) groups excluding carboxylic acids is 1. The number of hydrogen-bond donors (Lipinski definition) is 1. The van der Waals surface area contributed by atoms with Gasteiger partial charge in [0.1, 0.15) is 11.4 Å². The fourth-order valence-corrected chi connectivity index (χ4v) is 4.08. The first-order chi connectivity index (χ1) is 13.7. The Bertz CT molecular complexity index is 1030. The molecule has 28 heavy (non-hydrogen) atoms. The predicted octanol–water partition coefficient (Wildman–Crippen LogP) is 2.94. The summed E-state index contributed by atoms with van der Waals surface area (Å²) >= 11 is 0. The van der Waals surface area contributed by atoms with Crippen LogP contribution in [0.1, 0.15) is 22.3 Å². The summed E-state index contributed by atoms with van der Waals surface area (Å²) in [5.41, 5.74) is 4.90. The highest BCUT2D eigenvalue weighted by Crippen LogP contribution is 2.33. The SMILES string of the molecule is CN1CCN(C(=O)c2cnc3[nH]cc(-c4ccc5c(c4)CCCO5)c3c2)CC1. The molecule has 5 rings (SSSR count). The molecular weight excluding hydrogens is 352 g/mol. The zero-order valence-electron chi connectivity index (χ0n) is 16.1. The first-order valence-corrected chi connectivity index (χ1v) is 9.90. The Morgan fingerprint density at radius 1 is 1.18 bits per heavy atom. The molecule has 1 fully saturated rings. The number of pyridine rings is 1. The van der Waals surface area contributed by atoms with Crippen LogP contribution in [0.25, 0.3) is 22.2 Å². The van der Waals surface area contributed by atoms with Crippen molar-refractivity contribution in [1.29, 1.82) is 0 Å². The van der Waals surface area contributed by atoms with Gasteiger partial charge in [0.15, 0.2) is 0 Å². The number of rotatable bonds is 2. The molecule has 0 aliphatic carbocycles. The van der Waals surface area contributed by atoms with Gasteiger partial charge in [0.25, 0.3) is 5.91 Å². The normalized spacial score (nSPS) is 17.4. The van der Waals surface area contributed by atoms with Crippen molar-refractivity contribution in [1.82, 2.24) is 19.8 Å². The Kier molecular flexibility index (Phi) is 4.28. The second kappa shape index (κ2) is 6.95. The van der Waals surface area contributed by atoms with E-state index < -0.39 is 0 Å². The number of hydrogen-bond acceptors (Lipinski definition) is 4. The molecule has 0 atom stereocenters. The molecule has 0 unspecified atom stereocenters. The first-order valence-electron chi connectivity index (χ1n) is 9.90. The van der Waals surface area contributed by atoms with E-state index in [1.54, 1.807) is 6.20 Å². The molecule has 6 heteroatoms. The van der Waals surface area contributed by atoms with E-state index in [0.29, 0.717) is 5.56 Å². The first kappa shape index (κ1) is 17.3. The molecule has 6 nitrogen and oxygen atoms in total. The summed E-state index contributed by atoms with van der Waals surface area (Å²) in [6.07, 6.45) is 5.75. The molecule has 0 spiro atoms. The summed E-state index contributed by atoms with van der Waals surface area (Å²) < 4.78 is 5.73. The van der Waals surface area contributed by atoms with Crippen LogP contribution in [0.4, 0.5) is 0 Å². The van der Waals surface area contributed by atoms with Crippen LogP contribution in [0.15, 0.2) is 36.7 Å². The number of aromatic amines is 1. The van der Waals surface area contributed by atoms with Crippen molar-refractivity contribution in [3.05, 3.63) is 47.8 Å². The van der Waals surface area contributed by atoms with E-state index in [1.165, 1.54) is 5.56 Å². The molecule has 1 saturated heterocycles. The van der Waals surface area contributed by atoms with Crippen LogP contribution in [0.5, 0.6) is 5.75 Å². The maximum Gasteiger partial charge on any atom is 0.255 e. The Hall–Kier alpha value is -2.86. The molecule has 0 bridgehead atoms. The quantitative estimate of drug-likeness (QED) is 0.747. The van der Waals surface area contributed by atoms with Gasteiger partial charge in [-0.1, -0.05) is 6.07 Å². The summed E-state index contributed by atoms with van der Waals surface area (Å²) in [5.74, 6) is 1.05. The van der Waals surface area contributed by atoms with Gasteiger partial charge in [-0.05, 0) is 49.2 Å². The number of benzene rings is 1. The summed E-state index contributed by atoms with van der Waals surface area (Å²) in [6.45, 7) is 4.14. The minimum atomic E-state index is 0.0634. The lowest BCUT2D eigenvalue weighted by Crippen LogP contribution is -2.47. The molecule has 1 aromatic carbocycles. The number of nitrogens with one attached hydrogen (secondary N) is 1. The number of piperazine rings is 1. The highest BCUT2D eigenvalue weighted by atomic mass is 16.5. The number of aryl methyl sites for hydroxylation is 1. The minimum Gasteiger partial charge on any atom is -0.493 e. The second-order valence-corrected chi connectivity index (χ2v) is 7.69. The Balaban J connectivity index is 1.49. The van der Waals surface area contributed by atoms with Gasteiger partial charge in [-0.3, -0.25) is 4.79 Å². The lowest BCUT2D eigenvalue weighted by molar-refractivity contribution is 0.0664. The van der Waals surface area contributed by atoms with E-state index in [4.69, 9.17) is 4.74 Å². The number of H-pyrrole nitrogens is 1. The van der Waals surface area contributed by atoms with Crippen LogP contribution in [-0.2, 0) is 6.42 Å². The molecule has 2 aliphatic heterocycles. The maximum atomic E-state index is 13.0. The van der Waals surface area contributed by atoms with Gasteiger partial charge in [-0.15, -0.1) is 0 Å². The third-order valence-electron chi connectivity index (χ3n) is 5.79. The number of nitrogens with zero attached hydrogens (tertiary/aromatic N) is 3. The van der Waals surface area contributed by atoms with Gasteiger partial charge in [0, 0.05) is 49.5 Å². The standard InChI is InChI=1S/C22H24N4O2/c1-25-6-8-26(9-7-25)22(27)17-12-18-19(14-24-21(18)23-13-17)15-4-5-20-16(11-15)3-2-10-28-20/h4-5,11-14H,2-3,6-10H2,1H3,(H,23,24). The number of ether oxygens (including phenoxy) is 1. The van der Waals surface area contributed by atoms with Crippen molar-refractivity contribution in [3.8, 4) is 16.9 Å². The van der Waals surface area contributed by atoms with Gasteiger partial charge in [-0.2, -0.15) is 0 Å². The molecular formula is C22H24N4O2.